The summed E-state index contributed by atoms with van der Waals surface area (Å²) in [7, 11) is 1.63. The van der Waals surface area contributed by atoms with Crippen LogP contribution in [0.4, 0.5) is 5.69 Å². The number of nitrogens with one attached hydrogen (secondary N) is 1. The quantitative estimate of drug-likeness (QED) is 0.555. The normalized spacial score (nSPS) is 10.3. The highest BCUT2D eigenvalue weighted by molar-refractivity contribution is 5.98. The van der Waals surface area contributed by atoms with Crippen molar-refractivity contribution in [3.8, 4) is 5.75 Å². The molecule has 0 saturated carbocycles. The van der Waals surface area contributed by atoms with E-state index in [1.807, 2.05) is 0 Å². The Labute approximate surface area is 104 Å². The lowest BCUT2D eigenvalue weighted by atomic mass is 10.1. The van der Waals surface area contributed by atoms with Crippen molar-refractivity contribution in [2.24, 2.45) is 0 Å². The van der Waals surface area contributed by atoms with E-state index < -0.39 is 0 Å². The zero-order chi connectivity index (χ0) is 13.1. The molecule has 2 aromatic rings. The summed E-state index contributed by atoms with van der Waals surface area (Å²) in [4.78, 5) is 20.5. The lowest BCUT2D eigenvalue weighted by molar-refractivity contribution is 0.0779. The Morgan fingerprint density at radius 2 is 2.33 bits per heavy atom. The highest BCUT2D eigenvalue weighted by atomic mass is 16.3. The zero-order valence-electron chi connectivity index (χ0n) is 9.92. The fraction of sp³-hybridized carbons (Fsp3) is 0.167. The number of carbonyl (C=O) groups is 1. The highest BCUT2D eigenvalue weighted by Gasteiger charge is 2.17. The maximum absolute atomic E-state index is 12.1. The standard InChI is InChI=1S/C12H14N4O2/c1-16(7-10-14-5-6-15-10)12(18)8-3-2-4-9(13)11(8)17/h2-6,17H,7,13H2,1H3,(H,14,15). The smallest absolute Gasteiger partial charge is 0.257 e. The first-order valence-corrected chi connectivity index (χ1v) is 5.40. The zero-order valence-corrected chi connectivity index (χ0v) is 9.92. The molecule has 2 rings (SSSR count). The minimum Gasteiger partial charge on any atom is -0.505 e. The van der Waals surface area contributed by atoms with Crippen molar-refractivity contribution in [2.45, 2.75) is 6.54 Å². The van der Waals surface area contributed by atoms with Gasteiger partial charge in [-0.3, -0.25) is 4.79 Å². The SMILES string of the molecule is CN(Cc1ncc[nH]1)C(=O)c1cccc(N)c1O. The van der Waals surface area contributed by atoms with Crippen LogP contribution in [0, 0.1) is 0 Å². The van der Waals surface area contributed by atoms with Crippen molar-refractivity contribution in [3.05, 3.63) is 42.0 Å². The number of phenolic OH excluding ortho intramolecular Hbond substituents is 1. The number of phenols is 1. The van der Waals surface area contributed by atoms with Gasteiger partial charge in [-0.05, 0) is 12.1 Å². The summed E-state index contributed by atoms with van der Waals surface area (Å²) in [5, 5.41) is 9.75. The number of rotatable bonds is 3. The summed E-state index contributed by atoms with van der Waals surface area (Å²) in [5.74, 6) is 0.180. The molecule has 1 heterocycles. The number of imidazole rings is 1. The molecule has 0 unspecified atom stereocenters. The number of anilines is 1. The molecule has 0 radical (unpaired) electrons. The number of hydrogen-bond acceptors (Lipinski definition) is 4. The van der Waals surface area contributed by atoms with E-state index in [4.69, 9.17) is 5.73 Å². The first-order chi connectivity index (χ1) is 8.59. The third-order valence-electron chi connectivity index (χ3n) is 2.59. The van der Waals surface area contributed by atoms with Gasteiger partial charge >= 0.3 is 0 Å². The van der Waals surface area contributed by atoms with Crippen molar-refractivity contribution < 1.29 is 9.90 Å². The summed E-state index contributed by atoms with van der Waals surface area (Å²) in [5.41, 5.74) is 5.93. The number of hydrogen-bond donors (Lipinski definition) is 3. The van der Waals surface area contributed by atoms with Crippen molar-refractivity contribution in [2.75, 3.05) is 12.8 Å². The number of H-pyrrole nitrogens is 1. The van der Waals surface area contributed by atoms with Gasteiger partial charge in [-0.1, -0.05) is 6.07 Å². The van der Waals surface area contributed by atoms with E-state index in [9.17, 15) is 9.90 Å². The molecule has 0 aliphatic carbocycles. The fourth-order valence-electron chi connectivity index (χ4n) is 1.62. The van der Waals surface area contributed by atoms with Gasteiger partial charge in [0.2, 0.25) is 0 Å². The van der Waals surface area contributed by atoms with Crippen LogP contribution in [0.1, 0.15) is 16.2 Å². The molecular formula is C12H14N4O2. The molecule has 0 saturated heterocycles. The van der Waals surface area contributed by atoms with Crippen LogP contribution in [0.2, 0.25) is 0 Å². The van der Waals surface area contributed by atoms with Gasteiger partial charge in [0, 0.05) is 19.4 Å². The maximum Gasteiger partial charge on any atom is 0.257 e. The van der Waals surface area contributed by atoms with E-state index in [1.165, 1.54) is 11.0 Å². The first kappa shape index (κ1) is 12.0. The number of aromatic hydroxyl groups is 1. The van der Waals surface area contributed by atoms with E-state index in [-0.39, 0.29) is 22.9 Å². The molecule has 6 heteroatoms. The molecule has 1 aromatic carbocycles. The number of amides is 1. The van der Waals surface area contributed by atoms with E-state index in [0.717, 1.165) is 0 Å². The molecule has 0 aliphatic heterocycles. The summed E-state index contributed by atoms with van der Waals surface area (Å²) < 4.78 is 0. The number of nitrogens with two attached hydrogens (primary N) is 1. The summed E-state index contributed by atoms with van der Waals surface area (Å²) in [6, 6.07) is 4.70. The minimum absolute atomic E-state index is 0.184. The van der Waals surface area contributed by atoms with Crippen LogP contribution >= 0.6 is 0 Å². The molecule has 4 N–H and O–H groups in total. The maximum atomic E-state index is 12.1. The number of nitrogen functional groups attached to an aromatic ring is 1. The molecule has 0 spiro atoms. The largest absolute Gasteiger partial charge is 0.505 e. The van der Waals surface area contributed by atoms with Gasteiger partial charge in [0.15, 0.2) is 5.75 Å². The monoisotopic (exact) mass is 246 g/mol. The third-order valence-corrected chi connectivity index (χ3v) is 2.59. The molecule has 1 aromatic heterocycles. The van der Waals surface area contributed by atoms with Crippen molar-refractivity contribution in [1.82, 2.24) is 14.9 Å². The van der Waals surface area contributed by atoms with Crippen LogP contribution < -0.4 is 5.73 Å². The summed E-state index contributed by atoms with van der Waals surface area (Å²) in [6.45, 7) is 0.333. The minimum atomic E-state index is -0.309. The van der Waals surface area contributed by atoms with E-state index >= 15 is 0 Å². The Bertz CT molecular complexity index is 551. The number of carbonyl (C=O) groups excluding carboxylic acids is 1. The fourth-order valence-corrected chi connectivity index (χ4v) is 1.62. The molecule has 6 nitrogen and oxygen atoms in total. The first-order valence-electron chi connectivity index (χ1n) is 5.40. The molecule has 1 amide bonds. The van der Waals surface area contributed by atoms with Crippen molar-refractivity contribution in [3.63, 3.8) is 0 Å². The van der Waals surface area contributed by atoms with Crippen molar-refractivity contribution >= 4 is 11.6 Å². The van der Waals surface area contributed by atoms with E-state index in [2.05, 4.69) is 9.97 Å². The molecular weight excluding hydrogens is 232 g/mol. The number of para-hydroxylation sites is 1. The summed E-state index contributed by atoms with van der Waals surface area (Å²) >= 11 is 0. The van der Waals surface area contributed by atoms with Gasteiger partial charge in [-0.2, -0.15) is 0 Å². The Hall–Kier alpha value is -2.50. The molecule has 0 fully saturated rings. The average Bonchev–Trinajstić information content (AvgIpc) is 2.84. The predicted molar refractivity (Wildman–Crippen MR) is 66.9 cm³/mol. The van der Waals surface area contributed by atoms with Crippen LogP contribution in [0.25, 0.3) is 0 Å². The molecule has 0 atom stereocenters. The second-order valence-corrected chi connectivity index (χ2v) is 3.94. The Kier molecular flexibility index (Phi) is 3.18. The van der Waals surface area contributed by atoms with Crippen molar-refractivity contribution in [1.29, 1.82) is 0 Å². The van der Waals surface area contributed by atoms with Gasteiger partial charge in [-0.15, -0.1) is 0 Å². The molecule has 94 valence electrons. The topological polar surface area (TPSA) is 95.2 Å². The van der Waals surface area contributed by atoms with Gasteiger partial charge in [0.1, 0.15) is 5.82 Å². The van der Waals surface area contributed by atoms with E-state index in [1.54, 1.807) is 31.6 Å². The molecule has 0 aliphatic rings. The van der Waals surface area contributed by atoms with Crippen LogP contribution in [0.5, 0.6) is 5.75 Å². The number of aromatic amines is 1. The Balaban J connectivity index is 2.18. The van der Waals surface area contributed by atoms with Crippen LogP contribution in [0.3, 0.4) is 0 Å². The second-order valence-electron chi connectivity index (χ2n) is 3.94. The molecule has 0 bridgehead atoms. The van der Waals surface area contributed by atoms with Gasteiger partial charge in [0.05, 0.1) is 17.8 Å². The predicted octanol–water partition coefficient (Wildman–Crippen LogP) is 0.970. The van der Waals surface area contributed by atoms with Crippen LogP contribution in [-0.4, -0.2) is 32.9 Å². The van der Waals surface area contributed by atoms with Gasteiger partial charge < -0.3 is 20.7 Å². The van der Waals surface area contributed by atoms with E-state index in [0.29, 0.717) is 12.4 Å². The highest BCUT2D eigenvalue weighted by Crippen LogP contribution is 2.25. The lowest BCUT2D eigenvalue weighted by Gasteiger charge is -2.16. The van der Waals surface area contributed by atoms with Crippen LogP contribution in [-0.2, 0) is 6.54 Å². The Morgan fingerprint density at radius 3 is 3.00 bits per heavy atom. The van der Waals surface area contributed by atoms with Gasteiger partial charge in [0.25, 0.3) is 5.91 Å². The van der Waals surface area contributed by atoms with Crippen LogP contribution in [0.15, 0.2) is 30.6 Å². The average molecular weight is 246 g/mol. The third kappa shape index (κ3) is 2.27. The number of aromatic nitrogens is 2. The molecule has 18 heavy (non-hydrogen) atoms. The summed E-state index contributed by atoms with van der Waals surface area (Å²) in [6.07, 6.45) is 3.30. The number of nitrogens with zero attached hydrogens (tertiary/aromatic N) is 2. The second kappa shape index (κ2) is 4.79. The lowest BCUT2D eigenvalue weighted by Crippen LogP contribution is -2.26. The Morgan fingerprint density at radius 1 is 1.56 bits per heavy atom. The number of benzene rings is 1. The van der Waals surface area contributed by atoms with Gasteiger partial charge in [-0.25, -0.2) is 4.98 Å².